The van der Waals surface area contributed by atoms with Crippen molar-refractivity contribution in [1.82, 2.24) is 0 Å². The Labute approximate surface area is 173 Å². The molecule has 26 heavy (non-hydrogen) atoms. The van der Waals surface area contributed by atoms with E-state index in [-0.39, 0.29) is 17.2 Å². The number of alkyl halides is 2. The molecule has 12 heteroatoms. The fourth-order valence-electron chi connectivity index (χ4n) is 1.57. The van der Waals surface area contributed by atoms with E-state index in [1.54, 1.807) is 6.07 Å². The van der Waals surface area contributed by atoms with Crippen LogP contribution < -0.4 is 9.47 Å². The highest BCUT2D eigenvalue weighted by molar-refractivity contribution is 14.1. The van der Waals surface area contributed by atoms with E-state index in [4.69, 9.17) is 9.29 Å². The SMILES string of the molecule is O=C(Oc1ccc(Oc2cc(I)c(O)cc2I)cc1)C(F)(F)S(=O)(=O)O. The van der Waals surface area contributed by atoms with Crippen LogP contribution in [-0.4, -0.2) is 29.3 Å². The van der Waals surface area contributed by atoms with Gasteiger partial charge in [0.2, 0.25) is 0 Å². The Morgan fingerprint density at radius 1 is 1.04 bits per heavy atom. The normalized spacial score (nSPS) is 11.9. The lowest BCUT2D eigenvalue weighted by Crippen LogP contribution is -2.40. The van der Waals surface area contributed by atoms with Crippen LogP contribution in [0.3, 0.4) is 0 Å². The molecule has 0 unspecified atom stereocenters. The Morgan fingerprint density at radius 3 is 2.12 bits per heavy atom. The first-order chi connectivity index (χ1) is 11.9. The summed E-state index contributed by atoms with van der Waals surface area (Å²) < 4.78 is 66.6. The highest BCUT2D eigenvalue weighted by atomic mass is 127. The third-order valence-electron chi connectivity index (χ3n) is 2.83. The second-order valence-electron chi connectivity index (χ2n) is 4.69. The van der Waals surface area contributed by atoms with Gasteiger partial charge in [0, 0.05) is 0 Å². The van der Waals surface area contributed by atoms with E-state index in [1.807, 2.05) is 45.2 Å². The van der Waals surface area contributed by atoms with E-state index in [0.717, 1.165) is 12.1 Å². The van der Waals surface area contributed by atoms with E-state index in [9.17, 15) is 27.1 Å². The number of hydrogen-bond donors (Lipinski definition) is 2. The van der Waals surface area contributed by atoms with Gasteiger partial charge in [0.05, 0.1) is 7.14 Å². The molecule has 2 N–H and O–H groups in total. The zero-order valence-corrected chi connectivity index (χ0v) is 17.5. The molecule has 0 atom stereocenters. The second-order valence-corrected chi connectivity index (χ2v) is 8.48. The summed E-state index contributed by atoms with van der Waals surface area (Å²) in [5.74, 6) is -2.03. The lowest BCUT2D eigenvalue weighted by Gasteiger charge is -2.12. The standard InChI is InChI=1S/C14H8F2I2O7S/c15-14(16,26(21,22)23)13(20)25-8-3-1-7(2-4-8)24-12-6-9(17)11(19)5-10(12)18/h1-6,19H,(H,21,22,23). The van der Waals surface area contributed by atoms with Crippen LogP contribution in [0.5, 0.6) is 23.0 Å². The summed E-state index contributed by atoms with van der Waals surface area (Å²) in [5.41, 5.74) is 0. The molecule has 0 aliphatic carbocycles. The number of benzene rings is 2. The van der Waals surface area contributed by atoms with E-state index in [0.29, 0.717) is 12.9 Å². The molecule has 0 aliphatic heterocycles. The smallest absolute Gasteiger partial charge is 0.466 e. The molecule has 140 valence electrons. The third-order valence-corrected chi connectivity index (χ3v) is 5.35. The molecule has 2 rings (SSSR count). The van der Waals surface area contributed by atoms with Crippen molar-refractivity contribution in [3.63, 3.8) is 0 Å². The molecule has 2 aromatic carbocycles. The van der Waals surface area contributed by atoms with Gasteiger partial charge in [-0.25, -0.2) is 4.79 Å². The lowest BCUT2D eigenvalue weighted by atomic mass is 10.3. The summed E-state index contributed by atoms with van der Waals surface area (Å²) in [7, 11) is -5.94. The van der Waals surface area contributed by atoms with Crippen molar-refractivity contribution in [1.29, 1.82) is 0 Å². The summed E-state index contributed by atoms with van der Waals surface area (Å²) in [6.45, 7) is 0. The molecule has 0 saturated carbocycles. The lowest BCUT2D eigenvalue weighted by molar-refractivity contribution is -0.151. The maximum atomic E-state index is 13.1. The second kappa shape index (κ2) is 7.77. The number of carbonyl (C=O) groups is 1. The highest BCUT2D eigenvalue weighted by Crippen LogP contribution is 2.34. The topological polar surface area (TPSA) is 110 Å². The Hall–Kier alpha value is -1.26. The van der Waals surface area contributed by atoms with E-state index >= 15 is 0 Å². The van der Waals surface area contributed by atoms with Crippen molar-refractivity contribution >= 4 is 61.3 Å². The number of phenolic OH excluding ortho intramolecular Hbond substituents is 1. The average molecular weight is 612 g/mol. The molecule has 0 heterocycles. The van der Waals surface area contributed by atoms with E-state index in [2.05, 4.69) is 4.74 Å². The fraction of sp³-hybridized carbons (Fsp3) is 0.0714. The van der Waals surface area contributed by atoms with Crippen LogP contribution in [0.2, 0.25) is 0 Å². The number of halogens is 4. The van der Waals surface area contributed by atoms with Crippen molar-refractivity contribution in [3.8, 4) is 23.0 Å². The van der Waals surface area contributed by atoms with Crippen molar-refractivity contribution in [2.45, 2.75) is 5.25 Å². The Kier molecular flexibility index (Phi) is 6.29. The van der Waals surface area contributed by atoms with E-state index in [1.165, 1.54) is 18.2 Å². The van der Waals surface area contributed by atoms with Crippen LogP contribution >= 0.6 is 45.2 Å². The summed E-state index contributed by atoms with van der Waals surface area (Å²) in [6, 6.07) is 7.87. The average Bonchev–Trinajstić information content (AvgIpc) is 2.53. The van der Waals surface area contributed by atoms with Gasteiger partial charge < -0.3 is 14.6 Å². The fourth-order valence-corrected chi connectivity index (χ4v) is 2.82. The van der Waals surface area contributed by atoms with Crippen LogP contribution in [0, 0.1) is 7.14 Å². The molecule has 0 radical (unpaired) electrons. The van der Waals surface area contributed by atoms with Gasteiger partial charge in [0.1, 0.15) is 23.0 Å². The largest absolute Gasteiger partial charge is 0.507 e. The molecule has 0 aliphatic rings. The first-order valence-corrected chi connectivity index (χ1v) is 10.0. The van der Waals surface area contributed by atoms with Gasteiger partial charge in [0.25, 0.3) is 0 Å². The van der Waals surface area contributed by atoms with Crippen molar-refractivity contribution < 1.29 is 41.1 Å². The summed E-state index contributed by atoms with van der Waals surface area (Å²) in [4.78, 5) is 11.2. The number of ether oxygens (including phenoxy) is 2. The monoisotopic (exact) mass is 612 g/mol. The van der Waals surface area contributed by atoms with E-state index < -0.39 is 21.3 Å². The molecule has 0 aromatic heterocycles. The molecule has 0 fully saturated rings. The molecule has 7 nitrogen and oxygen atoms in total. The maximum Gasteiger partial charge on any atom is 0.466 e. The van der Waals surface area contributed by atoms with Crippen molar-refractivity contribution in [3.05, 3.63) is 43.5 Å². The van der Waals surface area contributed by atoms with Gasteiger partial charge in [-0.2, -0.15) is 17.2 Å². The zero-order chi connectivity index (χ0) is 19.7. The predicted octanol–water partition coefficient (Wildman–Crippen LogP) is 3.78. The van der Waals surface area contributed by atoms with Gasteiger partial charge in [-0.15, -0.1) is 0 Å². The molecule has 0 saturated heterocycles. The Balaban J connectivity index is 2.14. The minimum absolute atomic E-state index is 0.0874. The molecule has 2 aromatic rings. The number of rotatable bonds is 5. The van der Waals surface area contributed by atoms with Gasteiger partial charge in [-0.3, -0.25) is 4.55 Å². The minimum Gasteiger partial charge on any atom is -0.507 e. The van der Waals surface area contributed by atoms with Crippen LogP contribution in [0.15, 0.2) is 36.4 Å². The third kappa shape index (κ3) is 4.72. The zero-order valence-electron chi connectivity index (χ0n) is 12.3. The summed E-state index contributed by atoms with van der Waals surface area (Å²) in [5, 5.41) is 4.51. The number of carbonyl (C=O) groups excluding carboxylic acids is 1. The Morgan fingerprint density at radius 2 is 1.58 bits per heavy atom. The van der Waals surface area contributed by atoms with Gasteiger partial charge in [-0.05, 0) is 81.6 Å². The van der Waals surface area contributed by atoms with Gasteiger partial charge in [0.15, 0.2) is 0 Å². The Bertz CT molecular complexity index is 947. The maximum absolute atomic E-state index is 13.1. The number of phenols is 1. The first kappa shape index (κ1) is 21.0. The molecular weight excluding hydrogens is 604 g/mol. The summed E-state index contributed by atoms with van der Waals surface area (Å²) in [6.07, 6.45) is 0. The van der Waals surface area contributed by atoms with Gasteiger partial charge in [-0.1, -0.05) is 0 Å². The highest BCUT2D eigenvalue weighted by Gasteiger charge is 2.54. The van der Waals surface area contributed by atoms with Crippen LogP contribution in [0.4, 0.5) is 8.78 Å². The molecular formula is C14H8F2I2O7S. The minimum atomic E-state index is -5.94. The van der Waals surface area contributed by atoms with Gasteiger partial charge >= 0.3 is 21.3 Å². The quantitative estimate of drug-likeness (QED) is 0.229. The van der Waals surface area contributed by atoms with Crippen molar-refractivity contribution in [2.24, 2.45) is 0 Å². The van der Waals surface area contributed by atoms with Crippen LogP contribution in [0.1, 0.15) is 0 Å². The van der Waals surface area contributed by atoms with Crippen molar-refractivity contribution in [2.75, 3.05) is 0 Å². The summed E-state index contributed by atoms with van der Waals surface area (Å²) >= 11 is 3.86. The molecule has 0 amide bonds. The molecule has 0 bridgehead atoms. The number of aromatic hydroxyl groups is 1. The van der Waals surface area contributed by atoms with Crippen LogP contribution in [0.25, 0.3) is 0 Å². The number of hydrogen-bond acceptors (Lipinski definition) is 6. The molecule has 0 spiro atoms. The first-order valence-electron chi connectivity index (χ1n) is 6.45. The van der Waals surface area contributed by atoms with Crippen LogP contribution in [-0.2, 0) is 14.9 Å². The predicted molar refractivity (Wildman–Crippen MR) is 102 cm³/mol. The number of esters is 1.